The van der Waals surface area contributed by atoms with Crippen LogP contribution in [0.2, 0.25) is 5.02 Å². The maximum atomic E-state index is 5.83. The van der Waals surface area contributed by atoms with Gasteiger partial charge in [0.15, 0.2) is 0 Å². The number of para-hydroxylation sites is 1. The summed E-state index contributed by atoms with van der Waals surface area (Å²) in [6.07, 6.45) is 1.73. The third kappa shape index (κ3) is 2.95. The molecular formula is C16H12ClN3. The molecule has 4 heteroatoms. The smallest absolute Gasteiger partial charge is 0.146 e. The number of nitrogens with zero attached hydrogens (tertiary/aromatic N) is 2. The second-order valence-electron chi connectivity index (χ2n) is 4.31. The predicted molar refractivity (Wildman–Crippen MR) is 84.4 cm³/mol. The zero-order valence-electron chi connectivity index (χ0n) is 10.6. The summed E-state index contributed by atoms with van der Waals surface area (Å²) in [6, 6.07) is 19.4. The van der Waals surface area contributed by atoms with Crippen molar-refractivity contribution >= 4 is 34.5 Å². The first-order chi connectivity index (χ1) is 9.81. The van der Waals surface area contributed by atoms with Gasteiger partial charge in [0, 0.05) is 10.4 Å². The van der Waals surface area contributed by atoms with Crippen LogP contribution in [0.1, 0.15) is 5.56 Å². The van der Waals surface area contributed by atoms with E-state index in [2.05, 4.69) is 15.5 Å². The normalized spacial score (nSPS) is 11.1. The molecule has 1 N–H and O–H groups in total. The van der Waals surface area contributed by atoms with Crippen molar-refractivity contribution < 1.29 is 0 Å². The zero-order chi connectivity index (χ0) is 13.8. The highest BCUT2D eigenvalue weighted by atomic mass is 35.5. The van der Waals surface area contributed by atoms with E-state index in [4.69, 9.17) is 11.6 Å². The second kappa shape index (κ2) is 5.72. The number of hydrogen-bond donors (Lipinski definition) is 1. The van der Waals surface area contributed by atoms with Crippen molar-refractivity contribution in [3.63, 3.8) is 0 Å². The molecule has 1 aromatic heterocycles. The highest BCUT2D eigenvalue weighted by Crippen LogP contribution is 2.14. The van der Waals surface area contributed by atoms with Gasteiger partial charge in [0.25, 0.3) is 0 Å². The summed E-state index contributed by atoms with van der Waals surface area (Å²) in [7, 11) is 0. The number of rotatable bonds is 3. The number of anilines is 1. The van der Waals surface area contributed by atoms with Crippen molar-refractivity contribution in [3.05, 3.63) is 71.2 Å². The van der Waals surface area contributed by atoms with Crippen molar-refractivity contribution in [3.8, 4) is 0 Å². The Kier molecular flexibility index (Phi) is 3.61. The molecule has 0 bridgehead atoms. The van der Waals surface area contributed by atoms with Crippen LogP contribution in [0.3, 0.4) is 0 Å². The van der Waals surface area contributed by atoms with Gasteiger partial charge < -0.3 is 0 Å². The Bertz CT molecular complexity index is 751. The molecule has 0 amide bonds. The Hall–Kier alpha value is -2.39. The van der Waals surface area contributed by atoms with Crippen LogP contribution in [0.15, 0.2) is 65.8 Å². The third-order valence-electron chi connectivity index (χ3n) is 2.86. The Balaban J connectivity index is 1.74. The van der Waals surface area contributed by atoms with Crippen LogP contribution in [0.25, 0.3) is 10.9 Å². The fourth-order valence-corrected chi connectivity index (χ4v) is 1.98. The number of nitrogens with one attached hydrogen (secondary N) is 1. The van der Waals surface area contributed by atoms with E-state index in [0.717, 1.165) is 16.5 Å². The second-order valence-corrected chi connectivity index (χ2v) is 4.75. The minimum absolute atomic E-state index is 0.714. The fraction of sp³-hybridized carbons (Fsp3) is 0. The molecule has 3 aromatic rings. The monoisotopic (exact) mass is 281 g/mol. The molecule has 0 saturated carbocycles. The topological polar surface area (TPSA) is 37.3 Å². The van der Waals surface area contributed by atoms with E-state index in [-0.39, 0.29) is 0 Å². The molecule has 20 heavy (non-hydrogen) atoms. The van der Waals surface area contributed by atoms with Crippen LogP contribution in [-0.4, -0.2) is 11.2 Å². The highest BCUT2D eigenvalue weighted by molar-refractivity contribution is 6.30. The SMILES string of the molecule is Clc1ccc(C=NNc2ccc3ccccc3n2)cc1. The van der Waals surface area contributed by atoms with Crippen molar-refractivity contribution in [2.24, 2.45) is 5.10 Å². The van der Waals surface area contributed by atoms with Gasteiger partial charge in [-0.25, -0.2) is 4.98 Å². The molecule has 1 heterocycles. The molecule has 0 aliphatic heterocycles. The lowest BCUT2D eigenvalue weighted by Crippen LogP contribution is -1.93. The molecule has 0 unspecified atom stereocenters. The maximum Gasteiger partial charge on any atom is 0.146 e. The Morgan fingerprint density at radius 3 is 2.60 bits per heavy atom. The van der Waals surface area contributed by atoms with Crippen LogP contribution >= 0.6 is 11.6 Å². The summed E-state index contributed by atoms with van der Waals surface area (Å²) in [6.45, 7) is 0. The van der Waals surface area contributed by atoms with Crippen LogP contribution in [0.4, 0.5) is 5.82 Å². The Morgan fingerprint density at radius 2 is 1.75 bits per heavy atom. The van der Waals surface area contributed by atoms with Crippen LogP contribution in [0.5, 0.6) is 0 Å². The number of aromatic nitrogens is 1. The average molecular weight is 282 g/mol. The first-order valence-corrected chi connectivity index (χ1v) is 6.59. The van der Waals surface area contributed by atoms with Gasteiger partial charge in [-0.05, 0) is 35.9 Å². The minimum Gasteiger partial charge on any atom is -0.261 e. The van der Waals surface area contributed by atoms with Gasteiger partial charge in [-0.15, -0.1) is 0 Å². The largest absolute Gasteiger partial charge is 0.261 e. The lowest BCUT2D eigenvalue weighted by atomic mass is 10.2. The average Bonchev–Trinajstić information content (AvgIpc) is 2.49. The summed E-state index contributed by atoms with van der Waals surface area (Å²) in [5, 5.41) is 5.99. The number of hydrogen-bond acceptors (Lipinski definition) is 3. The van der Waals surface area contributed by atoms with E-state index in [1.165, 1.54) is 0 Å². The maximum absolute atomic E-state index is 5.83. The lowest BCUT2D eigenvalue weighted by Gasteiger charge is -2.01. The molecule has 3 rings (SSSR count). The molecular weight excluding hydrogens is 270 g/mol. The lowest BCUT2D eigenvalue weighted by molar-refractivity contribution is 1.26. The van der Waals surface area contributed by atoms with Crippen LogP contribution < -0.4 is 5.43 Å². The number of pyridine rings is 1. The van der Waals surface area contributed by atoms with E-state index in [1.54, 1.807) is 6.21 Å². The molecule has 3 nitrogen and oxygen atoms in total. The number of fused-ring (bicyclic) bond motifs is 1. The van der Waals surface area contributed by atoms with Gasteiger partial charge in [-0.2, -0.15) is 5.10 Å². The molecule has 0 radical (unpaired) electrons. The highest BCUT2D eigenvalue weighted by Gasteiger charge is 1.95. The zero-order valence-corrected chi connectivity index (χ0v) is 11.4. The van der Waals surface area contributed by atoms with Crippen molar-refractivity contribution in [1.82, 2.24) is 4.98 Å². The predicted octanol–water partition coefficient (Wildman–Crippen LogP) is 4.33. The van der Waals surface area contributed by atoms with Gasteiger partial charge in [-0.3, -0.25) is 5.43 Å². The Morgan fingerprint density at radius 1 is 0.950 bits per heavy atom. The van der Waals surface area contributed by atoms with Gasteiger partial charge in [-0.1, -0.05) is 41.9 Å². The molecule has 0 aliphatic carbocycles. The molecule has 98 valence electrons. The van der Waals surface area contributed by atoms with Crippen molar-refractivity contribution in [2.75, 3.05) is 5.43 Å². The molecule has 0 spiro atoms. The summed E-state index contributed by atoms with van der Waals surface area (Å²) >= 11 is 5.83. The molecule has 0 atom stereocenters. The van der Waals surface area contributed by atoms with E-state index in [0.29, 0.717) is 10.8 Å². The number of hydrazone groups is 1. The summed E-state index contributed by atoms with van der Waals surface area (Å²) in [5.74, 6) is 0.717. The van der Waals surface area contributed by atoms with Gasteiger partial charge in [0.05, 0.1) is 11.7 Å². The molecule has 0 saturated heterocycles. The number of halogens is 1. The summed E-state index contributed by atoms with van der Waals surface area (Å²) in [4.78, 5) is 4.47. The van der Waals surface area contributed by atoms with Crippen molar-refractivity contribution in [2.45, 2.75) is 0 Å². The Labute approximate surface area is 121 Å². The summed E-state index contributed by atoms with van der Waals surface area (Å²) in [5.41, 5.74) is 4.84. The molecule has 0 aliphatic rings. The molecule has 0 fully saturated rings. The first-order valence-electron chi connectivity index (χ1n) is 6.22. The van der Waals surface area contributed by atoms with Gasteiger partial charge in [0.1, 0.15) is 5.82 Å². The van der Waals surface area contributed by atoms with Crippen LogP contribution in [-0.2, 0) is 0 Å². The van der Waals surface area contributed by atoms with E-state index in [9.17, 15) is 0 Å². The van der Waals surface area contributed by atoms with E-state index in [1.807, 2.05) is 60.7 Å². The summed E-state index contributed by atoms with van der Waals surface area (Å²) < 4.78 is 0. The minimum atomic E-state index is 0.714. The first kappa shape index (κ1) is 12.6. The fourth-order valence-electron chi connectivity index (χ4n) is 1.85. The quantitative estimate of drug-likeness (QED) is 0.573. The van der Waals surface area contributed by atoms with E-state index >= 15 is 0 Å². The van der Waals surface area contributed by atoms with Gasteiger partial charge in [0.2, 0.25) is 0 Å². The standard InChI is InChI=1S/C16H12ClN3/c17-14-8-5-12(6-9-14)11-18-20-16-10-7-13-3-1-2-4-15(13)19-16/h1-11H,(H,19,20). The molecule has 2 aromatic carbocycles. The van der Waals surface area contributed by atoms with Crippen LogP contribution in [0, 0.1) is 0 Å². The van der Waals surface area contributed by atoms with E-state index < -0.39 is 0 Å². The third-order valence-corrected chi connectivity index (χ3v) is 3.11. The van der Waals surface area contributed by atoms with Gasteiger partial charge >= 0.3 is 0 Å². The number of benzene rings is 2. The van der Waals surface area contributed by atoms with Crippen molar-refractivity contribution in [1.29, 1.82) is 0 Å².